The summed E-state index contributed by atoms with van der Waals surface area (Å²) in [6.07, 6.45) is 0. The van der Waals surface area contributed by atoms with Crippen molar-refractivity contribution in [2.75, 3.05) is 5.32 Å². The lowest BCUT2D eigenvalue weighted by atomic mass is 10.3. The van der Waals surface area contributed by atoms with Crippen LogP contribution < -0.4 is 10.0 Å². The third kappa shape index (κ3) is 4.75. The molecule has 2 aromatic rings. The van der Waals surface area contributed by atoms with Gasteiger partial charge in [0.2, 0.25) is 15.9 Å². The van der Waals surface area contributed by atoms with Gasteiger partial charge in [-0.2, -0.15) is 4.72 Å². The molecular formula is C15H14ClFN2O3S. The molecule has 2 N–H and O–H groups in total. The number of sulfonamides is 1. The molecule has 0 radical (unpaired) electrons. The van der Waals surface area contributed by atoms with E-state index in [1.165, 1.54) is 6.92 Å². The quantitative estimate of drug-likeness (QED) is 0.865. The van der Waals surface area contributed by atoms with E-state index in [-0.39, 0.29) is 4.90 Å². The van der Waals surface area contributed by atoms with Crippen molar-refractivity contribution in [2.45, 2.75) is 17.9 Å². The van der Waals surface area contributed by atoms with Crippen molar-refractivity contribution in [1.29, 1.82) is 0 Å². The van der Waals surface area contributed by atoms with Gasteiger partial charge in [-0.05, 0) is 49.4 Å². The van der Waals surface area contributed by atoms with Gasteiger partial charge in [0.1, 0.15) is 5.82 Å². The van der Waals surface area contributed by atoms with E-state index in [1.807, 2.05) is 0 Å². The average Bonchev–Trinajstić information content (AvgIpc) is 2.47. The van der Waals surface area contributed by atoms with E-state index >= 15 is 0 Å². The Hall–Kier alpha value is -1.96. The molecule has 0 aliphatic carbocycles. The summed E-state index contributed by atoms with van der Waals surface area (Å²) in [6.45, 7) is 1.40. The first-order valence-electron chi connectivity index (χ1n) is 6.62. The van der Waals surface area contributed by atoms with E-state index in [1.54, 1.807) is 24.3 Å². The molecule has 0 bridgehead atoms. The van der Waals surface area contributed by atoms with Gasteiger partial charge in [0.15, 0.2) is 0 Å². The lowest BCUT2D eigenvalue weighted by molar-refractivity contribution is -0.117. The lowest BCUT2D eigenvalue weighted by Crippen LogP contribution is -2.41. The molecule has 2 rings (SSSR count). The van der Waals surface area contributed by atoms with E-state index in [0.29, 0.717) is 10.7 Å². The normalized spacial score (nSPS) is 12.7. The maximum atomic E-state index is 12.9. The predicted octanol–water partition coefficient (Wildman–Crippen LogP) is 2.78. The Balaban J connectivity index is 2.06. The summed E-state index contributed by atoms with van der Waals surface area (Å²) in [5.74, 6) is -1.09. The number of hydrogen-bond acceptors (Lipinski definition) is 3. The monoisotopic (exact) mass is 356 g/mol. The Bertz CT molecular complexity index is 810. The predicted molar refractivity (Wildman–Crippen MR) is 86.3 cm³/mol. The first kappa shape index (κ1) is 17.4. The molecule has 0 aliphatic rings. The molecule has 0 aromatic heterocycles. The van der Waals surface area contributed by atoms with E-state index in [4.69, 9.17) is 11.6 Å². The third-order valence-electron chi connectivity index (χ3n) is 2.94. The Morgan fingerprint density at radius 2 is 1.83 bits per heavy atom. The van der Waals surface area contributed by atoms with Gasteiger partial charge in [-0.15, -0.1) is 0 Å². The Morgan fingerprint density at radius 3 is 2.43 bits per heavy atom. The van der Waals surface area contributed by atoms with E-state index < -0.39 is 27.8 Å². The molecule has 0 aliphatic heterocycles. The maximum absolute atomic E-state index is 12.9. The molecular weight excluding hydrogens is 343 g/mol. The van der Waals surface area contributed by atoms with Crippen LogP contribution in [0.15, 0.2) is 53.4 Å². The van der Waals surface area contributed by atoms with Crippen molar-refractivity contribution in [3.63, 3.8) is 0 Å². The summed E-state index contributed by atoms with van der Waals surface area (Å²) in [5, 5.41) is 3.00. The lowest BCUT2D eigenvalue weighted by Gasteiger charge is -2.14. The fourth-order valence-electron chi connectivity index (χ4n) is 1.78. The second kappa shape index (κ2) is 7.08. The van der Waals surface area contributed by atoms with Gasteiger partial charge in [0, 0.05) is 10.7 Å². The third-order valence-corrected chi connectivity index (χ3v) is 4.73. The van der Waals surface area contributed by atoms with Gasteiger partial charge < -0.3 is 5.32 Å². The van der Waals surface area contributed by atoms with Crippen LogP contribution in [0.5, 0.6) is 0 Å². The van der Waals surface area contributed by atoms with Gasteiger partial charge in [-0.3, -0.25) is 4.79 Å². The molecule has 0 heterocycles. The number of nitrogens with one attached hydrogen (secondary N) is 2. The van der Waals surface area contributed by atoms with Crippen molar-refractivity contribution in [2.24, 2.45) is 0 Å². The SMILES string of the molecule is C[C@@H](NS(=O)(=O)c1ccc(F)cc1)C(=O)Nc1cccc(Cl)c1. The number of anilines is 1. The minimum absolute atomic E-state index is 0.124. The molecule has 122 valence electrons. The highest BCUT2D eigenvalue weighted by atomic mass is 35.5. The standard InChI is InChI=1S/C15H14ClFN2O3S/c1-10(15(20)18-13-4-2-3-11(16)9-13)19-23(21,22)14-7-5-12(17)6-8-14/h2-10,19H,1H3,(H,18,20)/t10-/m1/s1. The molecule has 0 fully saturated rings. The summed E-state index contributed by atoms with van der Waals surface area (Å²) < 4.78 is 39.3. The van der Waals surface area contributed by atoms with Crippen LogP contribution in [0.4, 0.5) is 10.1 Å². The van der Waals surface area contributed by atoms with Crippen molar-refractivity contribution >= 4 is 33.2 Å². The number of amides is 1. The van der Waals surface area contributed by atoms with E-state index in [0.717, 1.165) is 24.3 Å². The van der Waals surface area contributed by atoms with Crippen molar-refractivity contribution in [3.8, 4) is 0 Å². The highest BCUT2D eigenvalue weighted by molar-refractivity contribution is 7.89. The summed E-state index contributed by atoms with van der Waals surface area (Å²) in [6, 6.07) is 9.77. The van der Waals surface area contributed by atoms with Crippen molar-refractivity contribution in [3.05, 3.63) is 59.4 Å². The summed E-state index contributed by atoms with van der Waals surface area (Å²) >= 11 is 5.81. The largest absolute Gasteiger partial charge is 0.325 e. The molecule has 1 amide bonds. The second-order valence-corrected chi connectivity index (χ2v) is 6.95. The fraction of sp³-hybridized carbons (Fsp3) is 0.133. The van der Waals surface area contributed by atoms with Gasteiger partial charge >= 0.3 is 0 Å². The van der Waals surface area contributed by atoms with Crippen molar-refractivity contribution < 1.29 is 17.6 Å². The Labute approximate surface area is 138 Å². The van der Waals surface area contributed by atoms with Gasteiger partial charge in [-0.1, -0.05) is 17.7 Å². The molecule has 1 atom stereocenters. The Morgan fingerprint density at radius 1 is 1.17 bits per heavy atom. The second-order valence-electron chi connectivity index (χ2n) is 4.80. The zero-order valence-electron chi connectivity index (χ0n) is 12.1. The average molecular weight is 357 g/mol. The van der Waals surface area contributed by atoms with E-state index in [2.05, 4.69) is 10.0 Å². The number of hydrogen-bond donors (Lipinski definition) is 2. The first-order valence-corrected chi connectivity index (χ1v) is 8.48. The number of carbonyl (C=O) groups is 1. The molecule has 0 spiro atoms. The molecule has 23 heavy (non-hydrogen) atoms. The van der Waals surface area contributed by atoms with Crippen LogP contribution in [0.1, 0.15) is 6.92 Å². The minimum atomic E-state index is -3.93. The highest BCUT2D eigenvalue weighted by Gasteiger charge is 2.22. The number of halogens is 2. The fourth-order valence-corrected chi connectivity index (χ4v) is 3.18. The van der Waals surface area contributed by atoms with Crippen molar-refractivity contribution in [1.82, 2.24) is 4.72 Å². The highest BCUT2D eigenvalue weighted by Crippen LogP contribution is 2.15. The molecule has 2 aromatic carbocycles. The summed E-state index contributed by atoms with van der Waals surface area (Å²) in [4.78, 5) is 11.9. The van der Waals surface area contributed by atoms with Crippen LogP contribution in [0, 0.1) is 5.82 Å². The van der Waals surface area contributed by atoms with Gasteiger partial charge in [-0.25, -0.2) is 12.8 Å². The zero-order valence-corrected chi connectivity index (χ0v) is 13.7. The van der Waals surface area contributed by atoms with Crippen LogP contribution >= 0.6 is 11.6 Å². The molecule has 0 saturated heterocycles. The molecule has 0 saturated carbocycles. The molecule has 5 nitrogen and oxygen atoms in total. The molecule has 8 heteroatoms. The van der Waals surface area contributed by atoms with Gasteiger partial charge in [0.25, 0.3) is 0 Å². The smallest absolute Gasteiger partial charge is 0.242 e. The van der Waals surface area contributed by atoms with Crippen LogP contribution in [-0.2, 0) is 14.8 Å². The summed E-state index contributed by atoms with van der Waals surface area (Å²) in [7, 11) is -3.93. The van der Waals surface area contributed by atoms with Gasteiger partial charge in [0.05, 0.1) is 10.9 Å². The number of carbonyl (C=O) groups excluding carboxylic acids is 1. The maximum Gasteiger partial charge on any atom is 0.242 e. The summed E-state index contributed by atoms with van der Waals surface area (Å²) in [5.41, 5.74) is 0.454. The minimum Gasteiger partial charge on any atom is -0.325 e. The van der Waals surface area contributed by atoms with Crippen LogP contribution in [0.2, 0.25) is 5.02 Å². The Kier molecular flexibility index (Phi) is 5.35. The zero-order chi connectivity index (χ0) is 17.0. The molecule has 0 unspecified atom stereocenters. The number of rotatable bonds is 5. The topological polar surface area (TPSA) is 75.3 Å². The first-order chi connectivity index (χ1) is 10.8. The van der Waals surface area contributed by atoms with Crippen LogP contribution in [-0.4, -0.2) is 20.4 Å². The van der Waals surface area contributed by atoms with Crippen LogP contribution in [0.3, 0.4) is 0 Å². The number of benzene rings is 2. The van der Waals surface area contributed by atoms with E-state index in [9.17, 15) is 17.6 Å². The van der Waals surface area contributed by atoms with Crippen LogP contribution in [0.25, 0.3) is 0 Å².